The van der Waals surface area contributed by atoms with Crippen molar-refractivity contribution in [2.45, 2.75) is 20.3 Å². The van der Waals surface area contributed by atoms with Gasteiger partial charge in [-0.2, -0.15) is 0 Å². The van der Waals surface area contributed by atoms with Gasteiger partial charge in [0.15, 0.2) is 0 Å². The summed E-state index contributed by atoms with van der Waals surface area (Å²) in [5, 5.41) is 8.97. The molecule has 0 bridgehead atoms. The average Bonchev–Trinajstić information content (AvgIpc) is 2.43. The zero-order valence-corrected chi connectivity index (χ0v) is 8.29. The van der Waals surface area contributed by atoms with E-state index in [4.69, 9.17) is 5.11 Å². The smallest absolute Gasteiger partial charge is 0.332 e. The monoisotopic (exact) mass is 188 g/mol. The highest BCUT2D eigenvalue weighted by Crippen LogP contribution is 2.32. The Labute approximate surface area is 82.9 Å². The molecule has 1 aromatic rings. The molecule has 1 aromatic carbocycles. The Morgan fingerprint density at radius 3 is 2.71 bits per heavy atom. The van der Waals surface area contributed by atoms with Crippen molar-refractivity contribution in [1.29, 1.82) is 0 Å². The van der Waals surface area contributed by atoms with Crippen LogP contribution in [0.15, 0.2) is 23.8 Å². The molecule has 1 aliphatic rings. The highest BCUT2D eigenvalue weighted by molar-refractivity contribution is 5.99. The molecule has 2 heteroatoms. The van der Waals surface area contributed by atoms with Gasteiger partial charge in [-0.1, -0.05) is 23.8 Å². The molecule has 0 saturated heterocycles. The number of fused-ring (bicyclic) bond motifs is 1. The summed E-state index contributed by atoms with van der Waals surface area (Å²) >= 11 is 0. The average molecular weight is 188 g/mol. The van der Waals surface area contributed by atoms with Crippen LogP contribution in [0.3, 0.4) is 0 Å². The molecule has 1 aliphatic carbocycles. The molecule has 72 valence electrons. The molecule has 1 N–H and O–H groups in total. The summed E-state index contributed by atoms with van der Waals surface area (Å²) in [6, 6.07) is 6.10. The van der Waals surface area contributed by atoms with Crippen molar-refractivity contribution in [2.75, 3.05) is 0 Å². The van der Waals surface area contributed by atoms with Crippen molar-refractivity contribution in [3.8, 4) is 0 Å². The molecule has 14 heavy (non-hydrogen) atoms. The van der Waals surface area contributed by atoms with E-state index >= 15 is 0 Å². The number of allylic oxidation sites excluding steroid dienone is 1. The largest absolute Gasteiger partial charge is 0.478 e. The van der Waals surface area contributed by atoms with Crippen LogP contribution in [0.4, 0.5) is 0 Å². The van der Waals surface area contributed by atoms with E-state index in [2.05, 4.69) is 6.07 Å². The molecule has 2 rings (SSSR count). The first-order valence-electron chi connectivity index (χ1n) is 4.62. The van der Waals surface area contributed by atoms with Crippen molar-refractivity contribution < 1.29 is 9.90 Å². The second-order valence-electron chi connectivity index (χ2n) is 3.75. The standard InChI is InChI=1S/C12H12O2/c1-7-3-4-10-8(2)11(12(13)14)6-9(10)5-7/h3-5H,6H2,1-2H3,(H,13,14). The van der Waals surface area contributed by atoms with Crippen LogP contribution in [0.25, 0.3) is 5.57 Å². The van der Waals surface area contributed by atoms with Crippen molar-refractivity contribution >= 4 is 11.5 Å². The zero-order chi connectivity index (χ0) is 10.3. The topological polar surface area (TPSA) is 37.3 Å². The van der Waals surface area contributed by atoms with E-state index in [0.717, 1.165) is 16.7 Å². The predicted octanol–water partition coefficient (Wildman–Crippen LogP) is 2.41. The molecule has 0 heterocycles. The molecule has 0 fully saturated rings. The minimum absolute atomic E-state index is 0.533. The maximum atomic E-state index is 10.9. The Balaban J connectivity index is 2.53. The first-order chi connectivity index (χ1) is 6.59. The minimum Gasteiger partial charge on any atom is -0.478 e. The van der Waals surface area contributed by atoms with Crippen LogP contribution in [0.5, 0.6) is 0 Å². The van der Waals surface area contributed by atoms with Crippen molar-refractivity contribution in [3.63, 3.8) is 0 Å². The number of hydrogen-bond acceptors (Lipinski definition) is 1. The van der Waals surface area contributed by atoms with Gasteiger partial charge in [0, 0.05) is 12.0 Å². The zero-order valence-electron chi connectivity index (χ0n) is 8.29. The Bertz CT molecular complexity index is 442. The van der Waals surface area contributed by atoms with Gasteiger partial charge in [-0.15, -0.1) is 0 Å². The number of carboxylic acid groups (broad SMARTS) is 1. The second kappa shape index (κ2) is 2.98. The van der Waals surface area contributed by atoms with Gasteiger partial charge in [0.05, 0.1) is 0 Å². The number of rotatable bonds is 1. The number of aliphatic carboxylic acids is 1. The third kappa shape index (κ3) is 1.23. The lowest BCUT2D eigenvalue weighted by Crippen LogP contribution is -2.00. The number of hydrogen-bond donors (Lipinski definition) is 1. The van der Waals surface area contributed by atoms with E-state index < -0.39 is 5.97 Å². The van der Waals surface area contributed by atoms with Crippen LogP contribution in [0.2, 0.25) is 0 Å². The number of aryl methyl sites for hydroxylation is 1. The molecule has 0 unspecified atom stereocenters. The highest BCUT2D eigenvalue weighted by atomic mass is 16.4. The maximum absolute atomic E-state index is 10.9. The molecule has 0 atom stereocenters. The summed E-state index contributed by atoms with van der Waals surface area (Å²) in [6.07, 6.45) is 0.568. The summed E-state index contributed by atoms with van der Waals surface area (Å²) in [4.78, 5) is 10.9. The first kappa shape index (κ1) is 9.00. The van der Waals surface area contributed by atoms with E-state index in [-0.39, 0.29) is 0 Å². The highest BCUT2D eigenvalue weighted by Gasteiger charge is 2.22. The Kier molecular flexibility index (Phi) is 1.92. The molecule has 0 amide bonds. The first-order valence-corrected chi connectivity index (χ1v) is 4.62. The summed E-state index contributed by atoms with van der Waals surface area (Å²) < 4.78 is 0. The number of benzene rings is 1. The van der Waals surface area contributed by atoms with Gasteiger partial charge in [0.25, 0.3) is 0 Å². The van der Waals surface area contributed by atoms with Gasteiger partial charge in [-0.25, -0.2) is 4.79 Å². The SMILES string of the molecule is CC1=C(C(=O)O)Cc2cc(C)ccc21. The Morgan fingerprint density at radius 2 is 2.07 bits per heavy atom. The van der Waals surface area contributed by atoms with E-state index in [0.29, 0.717) is 12.0 Å². The Morgan fingerprint density at radius 1 is 1.36 bits per heavy atom. The van der Waals surface area contributed by atoms with E-state index in [1.807, 2.05) is 26.0 Å². The van der Waals surface area contributed by atoms with Gasteiger partial charge in [-0.3, -0.25) is 0 Å². The van der Waals surface area contributed by atoms with Crippen LogP contribution < -0.4 is 0 Å². The number of carbonyl (C=O) groups is 1. The molecular formula is C12H12O2. The molecule has 0 aromatic heterocycles. The van der Waals surface area contributed by atoms with Crippen molar-refractivity contribution in [1.82, 2.24) is 0 Å². The molecular weight excluding hydrogens is 176 g/mol. The van der Waals surface area contributed by atoms with Gasteiger partial charge in [-0.05, 0) is 30.5 Å². The fourth-order valence-electron chi connectivity index (χ4n) is 1.96. The van der Waals surface area contributed by atoms with Gasteiger partial charge in [0.1, 0.15) is 0 Å². The molecule has 0 saturated carbocycles. The van der Waals surface area contributed by atoms with Crippen molar-refractivity contribution in [3.05, 3.63) is 40.5 Å². The van der Waals surface area contributed by atoms with Crippen LogP contribution >= 0.6 is 0 Å². The normalized spacial score (nSPS) is 14.4. The fraction of sp³-hybridized carbons (Fsp3) is 0.250. The van der Waals surface area contributed by atoms with Crippen molar-refractivity contribution in [2.24, 2.45) is 0 Å². The summed E-state index contributed by atoms with van der Waals surface area (Å²) in [5.74, 6) is -0.795. The van der Waals surface area contributed by atoms with Crippen LogP contribution in [-0.4, -0.2) is 11.1 Å². The maximum Gasteiger partial charge on any atom is 0.332 e. The lowest BCUT2D eigenvalue weighted by molar-refractivity contribution is -0.132. The number of carboxylic acids is 1. The fourth-order valence-corrected chi connectivity index (χ4v) is 1.96. The molecule has 2 nitrogen and oxygen atoms in total. The van der Waals surface area contributed by atoms with Gasteiger partial charge < -0.3 is 5.11 Å². The molecule has 0 aliphatic heterocycles. The third-order valence-electron chi connectivity index (χ3n) is 2.74. The molecule has 0 radical (unpaired) electrons. The van der Waals surface area contributed by atoms with Gasteiger partial charge >= 0.3 is 5.97 Å². The third-order valence-corrected chi connectivity index (χ3v) is 2.74. The summed E-state index contributed by atoms with van der Waals surface area (Å²) in [5.41, 5.74) is 4.86. The van der Waals surface area contributed by atoms with E-state index in [1.165, 1.54) is 5.56 Å². The minimum atomic E-state index is -0.795. The van der Waals surface area contributed by atoms with Crippen LogP contribution in [0.1, 0.15) is 23.6 Å². The summed E-state index contributed by atoms with van der Waals surface area (Å²) in [7, 11) is 0. The van der Waals surface area contributed by atoms with Crippen LogP contribution in [-0.2, 0) is 11.2 Å². The molecule has 0 spiro atoms. The van der Waals surface area contributed by atoms with E-state index in [9.17, 15) is 4.79 Å². The lowest BCUT2D eigenvalue weighted by atomic mass is 10.0. The second-order valence-corrected chi connectivity index (χ2v) is 3.75. The summed E-state index contributed by atoms with van der Waals surface area (Å²) in [6.45, 7) is 3.90. The van der Waals surface area contributed by atoms with Crippen LogP contribution in [0, 0.1) is 6.92 Å². The quantitative estimate of drug-likeness (QED) is 0.734. The lowest BCUT2D eigenvalue weighted by Gasteiger charge is -2.00. The Hall–Kier alpha value is -1.57. The predicted molar refractivity (Wildman–Crippen MR) is 55.1 cm³/mol. The van der Waals surface area contributed by atoms with Gasteiger partial charge in [0.2, 0.25) is 0 Å². The van der Waals surface area contributed by atoms with E-state index in [1.54, 1.807) is 0 Å².